The molecule has 0 saturated carbocycles. The molecule has 4 atom stereocenters. The minimum atomic E-state index is -1.83. The van der Waals surface area contributed by atoms with Gasteiger partial charge in [0.2, 0.25) is 0 Å². The second-order valence-electron chi connectivity index (χ2n) is 7.70. The van der Waals surface area contributed by atoms with Gasteiger partial charge in [-0.15, -0.1) is 0 Å². The lowest BCUT2D eigenvalue weighted by Crippen LogP contribution is -2.44. The summed E-state index contributed by atoms with van der Waals surface area (Å²) in [5.41, 5.74) is 0. The highest BCUT2D eigenvalue weighted by Crippen LogP contribution is 2.40. The van der Waals surface area contributed by atoms with Crippen molar-refractivity contribution in [1.29, 1.82) is 0 Å². The maximum atomic E-state index is 9.92. The van der Waals surface area contributed by atoms with E-state index < -0.39 is 26.5 Å². The summed E-state index contributed by atoms with van der Waals surface area (Å²) in [4.78, 5) is 0. The van der Waals surface area contributed by atoms with E-state index in [-0.39, 0.29) is 17.2 Å². The van der Waals surface area contributed by atoms with Crippen LogP contribution in [0.2, 0.25) is 18.1 Å². The van der Waals surface area contributed by atoms with Crippen molar-refractivity contribution in [1.82, 2.24) is 0 Å². The highest BCUT2D eigenvalue weighted by molar-refractivity contribution is 6.74. The smallest absolute Gasteiger partial charge is 0.192 e. The quantitative estimate of drug-likeness (QED) is 0.810. The van der Waals surface area contributed by atoms with Gasteiger partial charge in [0, 0.05) is 0 Å². The van der Waals surface area contributed by atoms with Crippen molar-refractivity contribution in [3.8, 4) is 0 Å². The van der Waals surface area contributed by atoms with Crippen LogP contribution in [-0.4, -0.2) is 50.4 Å². The maximum absolute atomic E-state index is 9.92. The van der Waals surface area contributed by atoms with Gasteiger partial charge in [-0.1, -0.05) is 20.8 Å². The SMILES string of the molecule is CC1(C)O[C@@H]2[C@H](CO[Si](C)(C)C(C)(C)C)OC(O)[C@@H]2O1. The van der Waals surface area contributed by atoms with E-state index in [2.05, 4.69) is 33.9 Å². The minimum absolute atomic E-state index is 0.149. The fraction of sp³-hybridized carbons (Fsp3) is 1.00. The predicted octanol–water partition coefficient (Wildman–Crippen LogP) is 2.25. The van der Waals surface area contributed by atoms with Gasteiger partial charge >= 0.3 is 0 Å². The molecular weight excluding hydrogens is 276 g/mol. The first-order valence-electron chi connectivity index (χ1n) is 7.26. The Kier molecular flexibility index (Phi) is 4.13. The van der Waals surface area contributed by atoms with E-state index in [0.717, 1.165) is 0 Å². The molecule has 2 saturated heterocycles. The van der Waals surface area contributed by atoms with E-state index in [1.807, 2.05) is 13.8 Å². The average molecular weight is 304 g/mol. The van der Waals surface area contributed by atoms with E-state index in [4.69, 9.17) is 18.6 Å². The van der Waals surface area contributed by atoms with Crippen molar-refractivity contribution < 1.29 is 23.7 Å². The van der Waals surface area contributed by atoms with Crippen LogP contribution in [0.4, 0.5) is 0 Å². The van der Waals surface area contributed by atoms with Crippen LogP contribution in [0.15, 0.2) is 0 Å². The van der Waals surface area contributed by atoms with Crippen LogP contribution in [-0.2, 0) is 18.6 Å². The van der Waals surface area contributed by atoms with Gasteiger partial charge in [-0.25, -0.2) is 0 Å². The minimum Gasteiger partial charge on any atom is -0.414 e. The van der Waals surface area contributed by atoms with Crippen LogP contribution in [0.1, 0.15) is 34.6 Å². The van der Waals surface area contributed by atoms with E-state index in [9.17, 15) is 5.11 Å². The van der Waals surface area contributed by atoms with Gasteiger partial charge in [-0.3, -0.25) is 0 Å². The molecule has 1 unspecified atom stereocenters. The summed E-state index contributed by atoms with van der Waals surface area (Å²) < 4.78 is 23.2. The summed E-state index contributed by atoms with van der Waals surface area (Å²) in [5.74, 6) is -0.671. The molecule has 2 fully saturated rings. The normalized spacial score (nSPS) is 37.2. The molecule has 5 nitrogen and oxygen atoms in total. The van der Waals surface area contributed by atoms with Crippen LogP contribution in [0.5, 0.6) is 0 Å². The molecule has 0 aromatic carbocycles. The standard InChI is InChI=1S/C14H28O5Si/c1-13(2,3)20(6,7)16-8-9-10-11(12(15)17-9)19-14(4,5)18-10/h9-12,15H,8H2,1-7H3/t9-,10+,11+,12?/m0/s1. The molecule has 1 N–H and O–H groups in total. The van der Waals surface area contributed by atoms with Crippen molar-refractivity contribution in [3.05, 3.63) is 0 Å². The summed E-state index contributed by atoms with van der Waals surface area (Å²) in [5, 5.41) is 10.1. The summed E-state index contributed by atoms with van der Waals surface area (Å²) in [6.07, 6.45) is -1.89. The number of aliphatic hydroxyl groups is 1. The Bertz CT molecular complexity index is 363. The van der Waals surface area contributed by atoms with Crippen molar-refractivity contribution in [2.24, 2.45) is 0 Å². The number of hydrogen-bond acceptors (Lipinski definition) is 5. The number of fused-ring (bicyclic) bond motifs is 1. The molecule has 6 heteroatoms. The van der Waals surface area contributed by atoms with Crippen LogP contribution >= 0.6 is 0 Å². The van der Waals surface area contributed by atoms with E-state index in [0.29, 0.717) is 6.61 Å². The molecule has 2 heterocycles. The molecule has 2 aliphatic heterocycles. The van der Waals surface area contributed by atoms with Crippen molar-refractivity contribution in [2.75, 3.05) is 6.61 Å². The monoisotopic (exact) mass is 304 g/mol. The third-order valence-corrected chi connectivity index (χ3v) is 9.04. The lowest BCUT2D eigenvalue weighted by Gasteiger charge is -2.37. The zero-order valence-corrected chi connectivity index (χ0v) is 14.6. The first-order valence-corrected chi connectivity index (χ1v) is 10.2. The average Bonchev–Trinajstić information content (AvgIpc) is 2.70. The molecule has 0 aliphatic carbocycles. The van der Waals surface area contributed by atoms with Crippen molar-refractivity contribution in [3.63, 3.8) is 0 Å². The molecule has 2 aliphatic rings. The zero-order valence-electron chi connectivity index (χ0n) is 13.6. The van der Waals surface area contributed by atoms with Crippen molar-refractivity contribution >= 4 is 8.32 Å². The molecule has 0 amide bonds. The molecular formula is C14H28O5Si. The third-order valence-electron chi connectivity index (χ3n) is 4.54. The van der Waals surface area contributed by atoms with Gasteiger partial charge in [0.15, 0.2) is 20.4 Å². The summed E-state index contributed by atoms with van der Waals surface area (Å²) in [6, 6.07) is 0. The van der Waals surface area contributed by atoms with Crippen molar-refractivity contribution in [2.45, 2.75) is 83.1 Å². The number of aliphatic hydroxyl groups excluding tert-OH is 1. The molecule has 0 aromatic rings. The zero-order chi connectivity index (χ0) is 15.3. The Balaban J connectivity index is 1.98. The number of hydrogen-bond donors (Lipinski definition) is 1. The van der Waals surface area contributed by atoms with E-state index in [1.165, 1.54) is 0 Å². The van der Waals surface area contributed by atoms with Crippen LogP contribution in [0, 0.1) is 0 Å². The molecule has 0 bridgehead atoms. The number of rotatable bonds is 3. The van der Waals surface area contributed by atoms with Gasteiger partial charge in [-0.2, -0.15) is 0 Å². The fourth-order valence-electron chi connectivity index (χ4n) is 2.30. The van der Waals surface area contributed by atoms with Gasteiger partial charge < -0.3 is 23.7 Å². The van der Waals surface area contributed by atoms with E-state index >= 15 is 0 Å². The summed E-state index contributed by atoms with van der Waals surface area (Å²) in [6.45, 7) is 15.1. The molecule has 2 rings (SSSR count). The first-order chi connectivity index (χ1) is 8.93. The Morgan fingerprint density at radius 1 is 1.15 bits per heavy atom. The molecule has 0 radical (unpaired) electrons. The van der Waals surface area contributed by atoms with Crippen LogP contribution in [0.3, 0.4) is 0 Å². The lowest BCUT2D eigenvalue weighted by molar-refractivity contribution is -0.222. The molecule has 0 spiro atoms. The summed E-state index contributed by atoms with van der Waals surface area (Å²) >= 11 is 0. The van der Waals surface area contributed by atoms with Gasteiger partial charge in [-0.05, 0) is 32.0 Å². The van der Waals surface area contributed by atoms with Crippen LogP contribution in [0.25, 0.3) is 0 Å². The lowest BCUT2D eigenvalue weighted by atomic mass is 10.1. The molecule has 20 heavy (non-hydrogen) atoms. The summed E-state index contributed by atoms with van der Waals surface area (Å²) in [7, 11) is -1.83. The third kappa shape index (κ3) is 3.10. The largest absolute Gasteiger partial charge is 0.414 e. The molecule has 0 aromatic heterocycles. The van der Waals surface area contributed by atoms with Gasteiger partial charge in [0.25, 0.3) is 0 Å². The van der Waals surface area contributed by atoms with E-state index in [1.54, 1.807) is 0 Å². The second-order valence-corrected chi connectivity index (χ2v) is 12.5. The second kappa shape index (κ2) is 5.03. The topological polar surface area (TPSA) is 57.2 Å². The van der Waals surface area contributed by atoms with Gasteiger partial charge in [0.1, 0.15) is 18.3 Å². The fourth-order valence-corrected chi connectivity index (χ4v) is 3.31. The predicted molar refractivity (Wildman–Crippen MR) is 77.9 cm³/mol. The highest BCUT2D eigenvalue weighted by Gasteiger charge is 2.55. The Morgan fingerprint density at radius 3 is 2.25 bits per heavy atom. The van der Waals surface area contributed by atoms with Gasteiger partial charge in [0.05, 0.1) is 6.61 Å². The first kappa shape index (κ1) is 16.4. The van der Waals surface area contributed by atoms with Crippen LogP contribution < -0.4 is 0 Å². The highest BCUT2D eigenvalue weighted by atomic mass is 28.4. The Labute approximate surface area is 122 Å². The Hall–Kier alpha value is 0.0169. The maximum Gasteiger partial charge on any atom is 0.192 e. The number of ether oxygens (including phenoxy) is 3. The Morgan fingerprint density at radius 2 is 1.70 bits per heavy atom. The molecule has 118 valence electrons.